The Labute approximate surface area is 69.2 Å². The third-order valence-electron chi connectivity index (χ3n) is 0.767. The minimum Gasteiger partial charge on any atom is -0.288 e. The van der Waals surface area contributed by atoms with E-state index in [4.69, 9.17) is 27.8 Å². The Morgan fingerprint density at radius 3 is 2.50 bits per heavy atom. The van der Waals surface area contributed by atoms with Gasteiger partial charge in [-0.1, -0.05) is 23.2 Å². The quantitative estimate of drug-likeness (QED) is 0.694. The standard InChI is InChI=1S/C3H2Cl2N2O2S/c4-2-1-7(10(8)9)6-3(2)5/h1H,(H,8,9). The van der Waals surface area contributed by atoms with Gasteiger partial charge in [0.2, 0.25) is 0 Å². The smallest absolute Gasteiger partial charge is 0.282 e. The van der Waals surface area contributed by atoms with Crippen LogP contribution in [0.3, 0.4) is 0 Å². The molecule has 0 aliphatic rings. The summed E-state index contributed by atoms with van der Waals surface area (Å²) in [7, 11) is 0. The average Bonchev–Trinajstić information content (AvgIpc) is 2.13. The SMILES string of the molecule is O=S(O)n1cc(Cl)c(Cl)n1. The molecule has 7 heteroatoms. The van der Waals surface area contributed by atoms with Gasteiger partial charge >= 0.3 is 0 Å². The van der Waals surface area contributed by atoms with Crippen LogP contribution in [0.25, 0.3) is 0 Å². The predicted molar refractivity (Wildman–Crippen MR) is 38.4 cm³/mol. The fourth-order valence-corrected chi connectivity index (χ4v) is 1.10. The summed E-state index contributed by atoms with van der Waals surface area (Å²) >= 11 is 8.59. The third kappa shape index (κ3) is 1.49. The van der Waals surface area contributed by atoms with E-state index in [1.165, 1.54) is 6.20 Å². The molecule has 0 radical (unpaired) electrons. The maximum Gasteiger partial charge on any atom is 0.282 e. The van der Waals surface area contributed by atoms with Gasteiger partial charge in [-0.2, -0.15) is 4.09 Å². The fourth-order valence-electron chi connectivity index (χ4n) is 0.393. The van der Waals surface area contributed by atoms with Crippen LogP contribution in [-0.2, 0) is 11.3 Å². The molecular weight excluding hydrogens is 199 g/mol. The van der Waals surface area contributed by atoms with E-state index < -0.39 is 11.3 Å². The van der Waals surface area contributed by atoms with Crippen LogP contribution in [0.15, 0.2) is 6.20 Å². The zero-order valence-corrected chi connectivity index (χ0v) is 6.82. The molecule has 0 saturated carbocycles. The molecule has 1 aromatic heterocycles. The van der Waals surface area contributed by atoms with E-state index >= 15 is 0 Å². The summed E-state index contributed by atoms with van der Waals surface area (Å²) < 4.78 is 19.4. The van der Waals surface area contributed by atoms with Crippen molar-refractivity contribution in [2.45, 2.75) is 0 Å². The number of halogens is 2. The molecule has 0 bridgehead atoms. The lowest BCUT2D eigenvalue weighted by Crippen LogP contribution is -2.01. The third-order valence-corrected chi connectivity index (χ3v) is 1.93. The first kappa shape index (κ1) is 8.00. The first-order chi connectivity index (χ1) is 4.61. The molecule has 56 valence electrons. The highest BCUT2D eigenvalue weighted by molar-refractivity contribution is 7.77. The van der Waals surface area contributed by atoms with Gasteiger partial charge in [0.25, 0.3) is 11.3 Å². The summed E-state index contributed by atoms with van der Waals surface area (Å²) in [6, 6.07) is 0. The fraction of sp³-hybridized carbons (Fsp3) is 0. The Kier molecular flexibility index (Phi) is 2.30. The molecule has 0 amide bonds. The van der Waals surface area contributed by atoms with Crippen molar-refractivity contribution in [1.82, 2.24) is 9.19 Å². The van der Waals surface area contributed by atoms with Crippen LogP contribution >= 0.6 is 23.2 Å². The van der Waals surface area contributed by atoms with E-state index in [1.807, 2.05) is 0 Å². The Bertz CT molecular complexity index is 254. The lowest BCUT2D eigenvalue weighted by Gasteiger charge is -1.86. The van der Waals surface area contributed by atoms with Crippen molar-refractivity contribution in [3.05, 3.63) is 16.4 Å². The molecule has 0 fully saturated rings. The molecule has 1 rings (SSSR count). The van der Waals surface area contributed by atoms with E-state index in [0.717, 1.165) is 4.09 Å². The molecule has 4 nitrogen and oxygen atoms in total. The van der Waals surface area contributed by atoms with Crippen LogP contribution < -0.4 is 0 Å². The number of hydrogen-bond acceptors (Lipinski definition) is 2. The highest BCUT2D eigenvalue weighted by Gasteiger charge is 2.05. The summed E-state index contributed by atoms with van der Waals surface area (Å²) in [5.41, 5.74) is 0. The highest BCUT2D eigenvalue weighted by Crippen LogP contribution is 2.18. The molecule has 1 atom stereocenters. The predicted octanol–water partition coefficient (Wildman–Crippen LogP) is 1.17. The van der Waals surface area contributed by atoms with Crippen LogP contribution in [0.1, 0.15) is 0 Å². The van der Waals surface area contributed by atoms with Crippen molar-refractivity contribution in [3.63, 3.8) is 0 Å². The second-order valence-corrected chi connectivity index (χ2v) is 3.00. The molecule has 1 heterocycles. The molecule has 0 aliphatic carbocycles. The Morgan fingerprint density at radius 1 is 1.70 bits per heavy atom. The zero-order chi connectivity index (χ0) is 7.72. The van der Waals surface area contributed by atoms with E-state index in [-0.39, 0.29) is 10.2 Å². The molecule has 10 heavy (non-hydrogen) atoms. The first-order valence-electron chi connectivity index (χ1n) is 2.13. The number of hydrogen-bond donors (Lipinski definition) is 1. The zero-order valence-electron chi connectivity index (χ0n) is 4.49. The van der Waals surface area contributed by atoms with Gasteiger partial charge in [-0.05, 0) is 0 Å². The van der Waals surface area contributed by atoms with Gasteiger partial charge in [-0.3, -0.25) is 4.55 Å². The minimum atomic E-state index is -2.18. The van der Waals surface area contributed by atoms with Gasteiger partial charge in [0.1, 0.15) is 0 Å². The van der Waals surface area contributed by atoms with Crippen molar-refractivity contribution in [2.24, 2.45) is 0 Å². The Hall–Kier alpha value is -0.100. The molecule has 0 aliphatic heterocycles. The normalized spacial score (nSPS) is 13.5. The van der Waals surface area contributed by atoms with Gasteiger partial charge in [0.15, 0.2) is 5.15 Å². The van der Waals surface area contributed by atoms with Gasteiger partial charge in [-0.15, -0.1) is 5.10 Å². The molecule has 0 spiro atoms. The lowest BCUT2D eigenvalue weighted by molar-refractivity contribution is 0.547. The monoisotopic (exact) mass is 200 g/mol. The molecule has 0 saturated heterocycles. The lowest BCUT2D eigenvalue weighted by atomic mass is 10.7. The van der Waals surface area contributed by atoms with Crippen LogP contribution in [-0.4, -0.2) is 17.9 Å². The Morgan fingerprint density at radius 2 is 2.30 bits per heavy atom. The molecule has 0 aromatic carbocycles. The van der Waals surface area contributed by atoms with E-state index in [0.29, 0.717) is 0 Å². The number of nitrogens with zero attached hydrogens (tertiary/aromatic N) is 2. The largest absolute Gasteiger partial charge is 0.288 e. The maximum atomic E-state index is 10.3. The van der Waals surface area contributed by atoms with Crippen molar-refractivity contribution in [1.29, 1.82) is 0 Å². The first-order valence-corrected chi connectivity index (χ1v) is 3.95. The maximum absolute atomic E-state index is 10.3. The summed E-state index contributed by atoms with van der Waals surface area (Å²) in [4.78, 5) is 0. The van der Waals surface area contributed by atoms with E-state index in [1.54, 1.807) is 0 Å². The second kappa shape index (κ2) is 2.87. The van der Waals surface area contributed by atoms with Crippen LogP contribution in [0.5, 0.6) is 0 Å². The topological polar surface area (TPSA) is 55.1 Å². The number of aromatic nitrogens is 2. The molecular formula is C3H2Cl2N2O2S. The van der Waals surface area contributed by atoms with Crippen molar-refractivity contribution >= 4 is 34.5 Å². The van der Waals surface area contributed by atoms with Crippen LogP contribution in [0.4, 0.5) is 0 Å². The van der Waals surface area contributed by atoms with E-state index in [9.17, 15) is 4.21 Å². The summed E-state index contributed by atoms with van der Waals surface area (Å²) in [5, 5.41) is 3.58. The van der Waals surface area contributed by atoms with Gasteiger partial charge < -0.3 is 0 Å². The van der Waals surface area contributed by atoms with Crippen LogP contribution in [0.2, 0.25) is 10.2 Å². The molecule has 1 aromatic rings. The summed E-state index contributed by atoms with van der Waals surface area (Å²) in [6.07, 6.45) is 1.17. The van der Waals surface area contributed by atoms with Crippen molar-refractivity contribution < 1.29 is 8.76 Å². The van der Waals surface area contributed by atoms with Crippen molar-refractivity contribution in [3.8, 4) is 0 Å². The van der Waals surface area contributed by atoms with Crippen molar-refractivity contribution in [2.75, 3.05) is 0 Å². The molecule has 1 unspecified atom stereocenters. The highest BCUT2D eigenvalue weighted by atomic mass is 35.5. The minimum absolute atomic E-state index is 0.0177. The van der Waals surface area contributed by atoms with Crippen LogP contribution in [0, 0.1) is 0 Å². The second-order valence-electron chi connectivity index (χ2n) is 1.40. The summed E-state index contributed by atoms with van der Waals surface area (Å²) in [5.74, 6) is 0. The van der Waals surface area contributed by atoms with Gasteiger partial charge in [0, 0.05) is 0 Å². The number of rotatable bonds is 1. The molecule has 1 N–H and O–H groups in total. The van der Waals surface area contributed by atoms with Gasteiger partial charge in [-0.25, -0.2) is 4.21 Å². The Balaban J connectivity index is 3.10. The van der Waals surface area contributed by atoms with Gasteiger partial charge in [0.05, 0.1) is 11.2 Å². The van der Waals surface area contributed by atoms with E-state index in [2.05, 4.69) is 5.10 Å². The summed E-state index contributed by atoms with van der Waals surface area (Å²) in [6.45, 7) is 0. The average molecular weight is 201 g/mol.